The molecule has 0 radical (unpaired) electrons. The van der Waals surface area contributed by atoms with Gasteiger partial charge in [0.25, 0.3) is 0 Å². The van der Waals surface area contributed by atoms with Crippen molar-refractivity contribution >= 4 is 0 Å². The lowest BCUT2D eigenvalue weighted by molar-refractivity contribution is 0.626. The summed E-state index contributed by atoms with van der Waals surface area (Å²) in [5.41, 5.74) is 8.94. The number of fused-ring (bicyclic) bond motifs is 1. The molecule has 150 valence electrons. The van der Waals surface area contributed by atoms with Gasteiger partial charge in [-0.25, -0.2) is 4.39 Å². The molecule has 4 rings (SSSR count). The van der Waals surface area contributed by atoms with Crippen LogP contribution in [-0.4, -0.2) is 4.98 Å². The molecular formula is C26H28FNO. The summed E-state index contributed by atoms with van der Waals surface area (Å²) < 4.78 is 13.3. The first kappa shape index (κ1) is 19.6. The second kappa shape index (κ2) is 7.62. The maximum absolute atomic E-state index is 13.3. The predicted octanol–water partition coefficient (Wildman–Crippen LogP) is 5.92. The van der Waals surface area contributed by atoms with E-state index < -0.39 is 0 Å². The molecule has 0 saturated heterocycles. The maximum Gasteiger partial charge on any atom is 0.188 e. The van der Waals surface area contributed by atoms with Crippen molar-refractivity contribution in [1.29, 1.82) is 0 Å². The van der Waals surface area contributed by atoms with Crippen LogP contribution in [0, 0.1) is 19.7 Å². The normalized spacial score (nSPS) is 15.7. The van der Waals surface area contributed by atoms with E-state index in [1.807, 2.05) is 26.0 Å². The molecule has 1 unspecified atom stereocenters. The third-order valence-corrected chi connectivity index (χ3v) is 6.41. The zero-order chi connectivity index (χ0) is 20.7. The van der Waals surface area contributed by atoms with Crippen LogP contribution in [-0.2, 0) is 12.8 Å². The van der Waals surface area contributed by atoms with Gasteiger partial charge in [0, 0.05) is 34.9 Å². The van der Waals surface area contributed by atoms with E-state index in [-0.39, 0.29) is 17.2 Å². The average Bonchev–Trinajstić information content (AvgIpc) is 3.13. The number of H-pyrrole nitrogens is 1. The van der Waals surface area contributed by atoms with Crippen LogP contribution in [0.2, 0.25) is 0 Å². The van der Waals surface area contributed by atoms with E-state index in [2.05, 4.69) is 37.0 Å². The van der Waals surface area contributed by atoms with Crippen LogP contribution < -0.4 is 5.43 Å². The zero-order valence-electron chi connectivity index (χ0n) is 17.6. The minimum Gasteiger partial charge on any atom is -0.362 e. The molecule has 3 aromatic rings. The van der Waals surface area contributed by atoms with Crippen LogP contribution in [0.1, 0.15) is 76.9 Å². The molecule has 2 aromatic carbocycles. The number of hydrogen-bond acceptors (Lipinski definition) is 1. The van der Waals surface area contributed by atoms with Crippen LogP contribution in [0.3, 0.4) is 0 Å². The van der Waals surface area contributed by atoms with Gasteiger partial charge in [0.2, 0.25) is 0 Å². The number of rotatable bonds is 4. The van der Waals surface area contributed by atoms with Crippen LogP contribution in [0.5, 0.6) is 0 Å². The number of benzene rings is 2. The molecule has 1 aromatic heterocycles. The SMILES string of the molecule is Cc1[nH]c(C(C)C)c(Cc2cccc3c2CCC3c2ccc(F)cc2)c(=O)c1C. The van der Waals surface area contributed by atoms with Crippen LogP contribution in [0.15, 0.2) is 47.3 Å². The van der Waals surface area contributed by atoms with Gasteiger partial charge in [-0.3, -0.25) is 4.79 Å². The Labute approximate surface area is 171 Å². The van der Waals surface area contributed by atoms with Crippen molar-refractivity contribution in [3.05, 3.63) is 103 Å². The molecule has 1 heterocycles. The number of nitrogens with one attached hydrogen (secondary N) is 1. The zero-order valence-corrected chi connectivity index (χ0v) is 17.6. The quantitative estimate of drug-likeness (QED) is 0.590. The third-order valence-electron chi connectivity index (χ3n) is 6.41. The van der Waals surface area contributed by atoms with Gasteiger partial charge in [-0.1, -0.05) is 44.2 Å². The fourth-order valence-electron chi connectivity index (χ4n) is 4.69. The minimum atomic E-state index is -0.198. The van der Waals surface area contributed by atoms with Gasteiger partial charge < -0.3 is 4.98 Å². The molecule has 1 aliphatic carbocycles. The van der Waals surface area contributed by atoms with Crippen molar-refractivity contribution in [2.45, 2.75) is 58.8 Å². The lowest BCUT2D eigenvalue weighted by Crippen LogP contribution is -2.20. The summed E-state index contributed by atoms with van der Waals surface area (Å²) in [4.78, 5) is 16.6. The topological polar surface area (TPSA) is 32.9 Å². The largest absolute Gasteiger partial charge is 0.362 e. The molecule has 0 aliphatic heterocycles. The first-order chi connectivity index (χ1) is 13.9. The summed E-state index contributed by atoms with van der Waals surface area (Å²) in [6.45, 7) is 8.13. The number of hydrogen-bond donors (Lipinski definition) is 1. The Hall–Kier alpha value is -2.68. The van der Waals surface area contributed by atoms with E-state index in [0.717, 1.165) is 40.9 Å². The second-order valence-corrected chi connectivity index (χ2v) is 8.56. The third kappa shape index (κ3) is 3.55. The van der Waals surface area contributed by atoms with Gasteiger partial charge in [0.15, 0.2) is 5.43 Å². The summed E-state index contributed by atoms with van der Waals surface area (Å²) in [5, 5.41) is 0. The van der Waals surface area contributed by atoms with Crippen molar-refractivity contribution in [3.8, 4) is 0 Å². The van der Waals surface area contributed by atoms with E-state index in [4.69, 9.17) is 0 Å². The van der Waals surface area contributed by atoms with Crippen LogP contribution in [0.25, 0.3) is 0 Å². The number of aromatic nitrogens is 1. The number of aromatic amines is 1. The smallest absolute Gasteiger partial charge is 0.188 e. The van der Waals surface area contributed by atoms with Crippen molar-refractivity contribution in [2.24, 2.45) is 0 Å². The van der Waals surface area contributed by atoms with E-state index in [1.54, 1.807) is 12.1 Å². The van der Waals surface area contributed by atoms with Gasteiger partial charge in [-0.15, -0.1) is 0 Å². The van der Waals surface area contributed by atoms with Gasteiger partial charge >= 0.3 is 0 Å². The van der Waals surface area contributed by atoms with Crippen LogP contribution >= 0.6 is 0 Å². The molecule has 1 N–H and O–H groups in total. The lowest BCUT2D eigenvalue weighted by atomic mass is 9.89. The summed E-state index contributed by atoms with van der Waals surface area (Å²) in [6.07, 6.45) is 2.68. The number of aryl methyl sites for hydroxylation is 1. The molecular weight excluding hydrogens is 361 g/mol. The Balaban J connectivity index is 1.76. The fraction of sp³-hybridized carbons (Fsp3) is 0.346. The Morgan fingerprint density at radius 1 is 1.10 bits per heavy atom. The van der Waals surface area contributed by atoms with Crippen molar-refractivity contribution in [2.75, 3.05) is 0 Å². The summed E-state index contributed by atoms with van der Waals surface area (Å²) >= 11 is 0. The Morgan fingerprint density at radius 3 is 2.52 bits per heavy atom. The molecule has 3 heteroatoms. The standard InChI is InChI=1S/C26H28FNO/c1-15(2)25-24(26(29)16(3)17(4)28-25)14-19-6-5-7-23-21(12-13-22(19)23)18-8-10-20(27)11-9-18/h5-11,15,21H,12-14H2,1-4H3,(H,28,29). The highest BCUT2D eigenvalue weighted by Crippen LogP contribution is 2.40. The average molecular weight is 390 g/mol. The van der Waals surface area contributed by atoms with Gasteiger partial charge in [0.1, 0.15) is 5.82 Å². The monoisotopic (exact) mass is 389 g/mol. The van der Waals surface area contributed by atoms with Crippen molar-refractivity contribution in [3.63, 3.8) is 0 Å². The lowest BCUT2D eigenvalue weighted by Gasteiger charge is -2.17. The second-order valence-electron chi connectivity index (χ2n) is 8.56. The Bertz CT molecular complexity index is 1110. The van der Waals surface area contributed by atoms with Gasteiger partial charge in [-0.2, -0.15) is 0 Å². The first-order valence-electron chi connectivity index (χ1n) is 10.4. The minimum absolute atomic E-state index is 0.163. The predicted molar refractivity (Wildman–Crippen MR) is 116 cm³/mol. The van der Waals surface area contributed by atoms with Crippen molar-refractivity contribution in [1.82, 2.24) is 4.98 Å². The first-order valence-corrected chi connectivity index (χ1v) is 10.4. The van der Waals surface area contributed by atoms with E-state index in [0.29, 0.717) is 12.3 Å². The number of pyridine rings is 1. The molecule has 0 fully saturated rings. The fourth-order valence-corrected chi connectivity index (χ4v) is 4.69. The summed E-state index contributed by atoms with van der Waals surface area (Å²) in [5.74, 6) is 0.366. The van der Waals surface area contributed by atoms with Gasteiger partial charge in [0.05, 0.1) is 0 Å². The molecule has 0 bridgehead atoms. The number of halogens is 1. The Kier molecular flexibility index (Phi) is 5.16. The highest BCUT2D eigenvalue weighted by molar-refractivity contribution is 5.48. The molecule has 2 nitrogen and oxygen atoms in total. The molecule has 1 aliphatic rings. The summed E-state index contributed by atoms with van der Waals surface area (Å²) in [7, 11) is 0. The maximum atomic E-state index is 13.3. The van der Waals surface area contributed by atoms with Gasteiger partial charge in [-0.05, 0) is 67.0 Å². The molecule has 0 saturated carbocycles. The van der Waals surface area contributed by atoms with E-state index >= 15 is 0 Å². The van der Waals surface area contributed by atoms with E-state index in [9.17, 15) is 9.18 Å². The highest BCUT2D eigenvalue weighted by Gasteiger charge is 2.26. The molecule has 1 atom stereocenters. The van der Waals surface area contributed by atoms with Crippen LogP contribution in [0.4, 0.5) is 4.39 Å². The molecule has 29 heavy (non-hydrogen) atoms. The highest BCUT2D eigenvalue weighted by atomic mass is 19.1. The molecule has 0 spiro atoms. The Morgan fingerprint density at radius 2 is 1.83 bits per heavy atom. The summed E-state index contributed by atoms with van der Waals surface area (Å²) in [6, 6.07) is 13.3. The van der Waals surface area contributed by atoms with Crippen molar-refractivity contribution < 1.29 is 4.39 Å². The molecule has 0 amide bonds. The van der Waals surface area contributed by atoms with E-state index in [1.165, 1.54) is 16.7 Å².